The molecule has 7 heteroatoms. The highest BCUT2D eigenvalue weighted by Gasteiger charge is 2.25. The SMILES string of the molecule is O=C(NCc1cc(Br)cc2c1NC(O)C(O)N2)c1ccccc1. The topological polar surface area (TPSA) is 93.6 Å². The Labute approximate surface area is 141 Å². The molecule has 120 valence electrons. The molecule has 0 fully saturated rings. The average molecular weight is 378 g/mol. The maximum Gasteiger partial charge on any atom is 0.251 e. The summed E-state index contributed by atoms with van der Waals surface area (Å²) >= 11 is 3.40. The first kappa shape index (κ1) is 15.8. The Morgan fingerprint density at radius 2 is 1.83 bits per heavy atom. The number of rotatable bonds is 3. The van der Waals surface area contributed by atoms with Crippen molar-refractivity contribution in [1.82, 2.24) is 5.32 Å². The summed E-state index contributed by atoms with van der Waals surface area (Å²) in [7, 11) is 0. The summed E-state index contributed by atoms with van der Waals surface area (Å²) in [6.07, 6.45) is -2.21. The van der Waals surface area contributed by atoms with Gasteiger partial charge >= 0.3 is 0 Å². The minimum Gasteiger partial charge on any atom is -0.369 e. The third-order valence-electron chi connectivity index (χ3n) is 3.55. The standard InChI is InChI=1S/C16H16BrN3O3/c17-11-6-10(8-18-14(21)9-4-2-1-3-5-9)13-12(7-11)19-15(22)16(23)20-13/h1-7,15-16,19-20,22-23H,8H2,(H,18,21). The number of anilines is 2. The summed E-state index contributed by atoms with van der Waals surface area (Å²) in [6.45, 7) is 0.285. The number of aliphatic hydroxyl groups excluding tert-OH is 2. The molecule has 1 heterocycles. The molecule has 1 aliphatic rings. The van der Waals surface area contributed by atoms with Crippen molar-refractivity contribution in [3.63, 3.8) is 0 Å². The fraction of sp³-hybridized carbons (Fsp3) is 0.188. The van der Waals surface area contributed by atoms with Gasteiger partial charge in [-0.1, -0.05) is 34.1 Å². The van der Waals surface area contributed by atoms with E-state index in [9.17, 15) is 15.0 Å². The molecule has 0 bridgehead atoms. The maximum atomic E-state index is 12.1. The van der Waals surface area contributed by atoms with E-state index in [2.05, 4.69) is 31.9 Å². The molecule has 0 aliphatic carbocycles. The Hall–Kier alpha value is -2.09. The predicted molar refractivity (Wildman–Crippen MR) is 91.0 cm³/mol. The van der Waals surface area contributed by atoms with Crippen LogP contribution < -0.4 is 16.0 Å². The van der Waals surface area contributed by atoms with Gasteiger partial charge in [0.1, 0.15) is 0 Å². The van der Waals surface area contributed by atoms with Crippen molar-refractivity contribution in [1.29, 1.82) is 0 Å². The first-order valence-electron chi connectivity index (χ1n) is 7.09. The van der Waals surface area contributed by atoms with Crippen LogP contribution in [0.5, 0.6) is 0 Å². The molecule has 1 amide bonds. The number of carbonyl (C=O) groups excluding carboxylic acids is 1. The molecule has 3 rings (SSSR count). The van der Waals surface area contributed by atoms with Gasteiger partial charge in [-0.25, -0.2) is 0 Å². The van der Waals surface area contributed by atoms with Gasteiger partial charge in [-0.15, -0.1) is 0 Å². The van der Waals surface area contributed by atoms with Gasteiger partial charge in [0.05, 0.1) is 11.4 Å². The van der Waals surface area contributed by atoms with E-state index in [-0.39, 0.29) is 12.5 Å². The smallest absolute Gasteiger partial charge is 0.251 e. The Morgan fingerprint density at radius 1 is 1.13 bits per heavy atom. The summed E-state index contributed by atoms with van der Waals surface area (Å²) in [4.78, 5) is 12.1. The monoisotopic (exact) mass is 377 g/mol. The van der Waals surface area contributed by atoms with Crippen molar-refractivity contribution in [2.45, 2.75) is 19.0 Å². The van der Waals surface area contributed by atoms with Gasteiger partial charge in [0.2, 0.25) is 0 Å². The predicted octanol–water partition coefficient (Wildman–Crippen LogP) is 1.85. The molecule has 2 atom stereocenters. The molecule has 2 aromatic rings. The van der Waals surface area contributed by atoms with E-state index in [1.165, 1.54) is 0 Å². The number of aliphatic hydroxyl groups is 2. The highest BCUT2D eigenvalue weighted by Crippen LogP contribution is 2.34. The second kappa shape index (κ2) is 6.57. The van der Waals surface area contributed by atoms with Crippen LogP contribution in [-0.2, 0) is 6.54 Å². The van der Waals surface area contributed by atoms with Crippen molar-refractivity contribution in [3.05, 3.63) is 58.1 Å². The van der Waals surface area contributed by atoms with Crippen LogP contribution >= 0.6 is 15.9 Å². The number of halogens is 1. The van der Waals surface area contributed by atoms with Crippen LogP contribution in [0, 0.1) is 0 Å². The number of carbonyl (C=O) groups is 1. The third kappa shape index (κ3) is 3.47. The van der Waals surface area contributed by atoms with Crippen molar-refractivity contribution < 1.29 is 15.0 Å². The zero-order valence-corrected chi connectivity index (χ0v) is 13.7. The van der Waals surface area contributed by atoms with Crippen LogP contribution in [0.25, 0.3) is 0 Å². The van der Waals surface area contributed by atoms with E-state index in [0.717, 1.165) is 10.0 Å². The third-order valence-corrected chi connectivity index (χ3v) is 4.01. The normalized spacial score (nSPS) is 19.3. The van der Waals surface area contributed by atoms with Crippen LogP contribution in [-0.4, -0.2) is 28.6 Å². The van der Waals surface area contributed by atoms with E-state index in [1.54, 1.807) is 30.3 Å². The van der Waals surface area contributed by atoms with Gasteiger partial charge < -0.3 is 26.2 Å². The van der Waals surface area contributed by atoms with Gasteiger partial charge in [0.15, 0.2) is 12.5 Å². The molecule has 0 radical (unpaired) electrons. The van der Waals surface area contributed by atoms with Gasteiger partial charge in [0, 0.05) is 16.6 Å². The summed E-state index contributed by atoms with van der Waals surface area (Å²) in [5.74, 6) is -0.177. The van der Waals surface area contributed by atoms with Crippen LogP contribution in [0.2, 0.25) is 0 Å². The summed E-state index contributed by atoms with van der Waals surface area (Å²) in [6, 6.07) is 12.6. The summed E-state index contributed by atoms with van der Waals surface area (Å²) < 4.78 is 0.804. The number of hydrogen-bond acceptors (Lipinski definition) is 5. The van der Waals surface area contributed by atoms with Crippen molar-refractivity contribution in [3.8, 4) is 0 Å². The van der Waals surface area contributed by atoms with E-state index in [1.807, 2.05) is 12.1 Å². The van der Waals surface area contributed by atoms with Gasteiger partial charge in [-0.05, 0) is 29.8 Å². The van der Waals surface area contributed by atoms with Crippen molar-refractivity contribution in [2.24, 2.45) is 0 Å². The lowest BCUT2D eigenvalue weighted by Crippen LogP contribution is -2.43. The lowest BCUT2D eigenvalue weighted by Gasteiger charge is -2.31. The van der Waals surface area contributed by atoms with Gasteiger partial charge in [0.25, 0.3) is 5.91 Å². The van der Waals surface area contributed by atoms with Crippen molar-refractivity contribution in [2.75, 3.05) is 10.6 Å². The fourth-order valence-electron chi connectivity index (χ4n) is 2.42. The molecule has 0 aromatic heterocycles. The first-order chi connectivity index (χ1) is 11.0. The number of hydrogen-bond donors (Lipinski definition) is 5. The Balaban J connectivity index is 1.79. The molecule has 6 nitrogen and oxygen atoms in total. The van der Waals surface area contributed by atoms with E-state index >= 15 is 0 Å². The van der Waals surface area contributed by atoms with Gasteiger partial charge in [-0.3, -0.25) is 4.79 Å². The number of nitrogens with one attached hydrogen (secondary N) is 3. The number of benzene rings is 2. The van der Waals surface area contributed by atoms with Crippen LogP contribution in [0.3, 0.4) is 0 Å². The molecular weight excluding hydrogens is 362 g/mol. The highest BCUT2D eigenvalue weighted by molar-refractivity contribution is 9.10. The van der Waals surface area contributed by atoms with Crippen LogP contribution in [0.4, 0.5) is 11.4 Å². The van der Waals surface area contributed by atoms with Crippen LogP contribution in [0.1, 0.15) is 15.9 Å². The van der Waals surface area contributed by atoms with Crippen molar-refractivity contribution >= 4 is 33.2 Å². The Bertz CT molecular complexity index is 724. The van der Waals surface area contributed by atoms with E-state index < -0.39 is 12.5 Å². The van der Waals surface area contributed by atoms with E-state index in [0.29, 0.717) is 16.9 Å². The lowest BCUT2D eigenvalue weighted by atomic mass is 10.1. The Morgan fingerprint density at radius 3 is 2.57 bits per heavy atom. The molecule has 23 heavy (non-hydrogen) atoms. The van der Waals surface area contributed by atoms with Gasteiger partial charge in [-0.2, -0.15) is 0 Å². The summed E-state index contributed by atoms with van der Waals surface area (Å²) in [5, 5.41) is 27.9. The number of amides is 1. The Kier molecular flexibility index (Phi) is 4.51. The zero-order chi connectivity index (χ0) is 16.4. The molecule has 5 N–H and O–H groups in total. The molecule has 0 saturated heterocycles. The zero-order valence-electron chi connectivity index (χ0n) is 12.1. The molecule has 2 unspecified atom stereocenters. The molecule has 2 aromatic carbocycles. The molecule has 0 spiro atoms. The quantitative estimate of drug-likeness (QED) is 0.562. The fourth-order valence-corrected chi connectivity index (χ4v) is 2.92. The molecule has 0 saturated carbocycles. The minimum atomic E-state index is -1.12. The number of fused-ring (bicyclic) bond motifs is 1. The molecular formula is C16H16BrN3O3. The molecule has 1 aliphatic heterocycles. The summed E-state index contributed by atoms with van der Waals surface area (Å²) in [5.41, 5.74) is 2.68. The highest BCUT2D eigenvalue weighted by atomic mass is 79.9. The second-order valence-corrected chi connectivity index (χ2v) is 6.13. The lowest BCUT2D eigenvalue weighted by molar-refractivity contribution is 0.0527. The first-order valence-corrected chi connectivity index (χ1v) is 7.89. The van der Waals surface area contributed by atoms with E-state index in [4.69, 9.17) is 0 Å². The maximum absolute atomic E-state index is 12.1. The minimum absolute atomic E-state index is 0.177. The van der Waals surface area contributed by atoms with Crippen LogP contribution in [0.15, 0.2) is 46.9 Å². The average Bonchev–Trinajstić information content (AvgIpc) is 2.55. The largest absolute Gasteiger partial charge is 0.369 e. The second-order valence-electron chi connectivity index (χ2n) is 5.21.